The summed E-state index contributed by atoms with van der Waals surface area (Å²) >= 11 is 1.52. The molecule has 0 aliphatic rings. The number of rotatable bonds is 7. The number of aromatic nitrogens is 1. The van der Waals surface area contributed by atoms with Crippen molar-refractivity contribution < 1.29 is 4.43 Å². The van der Waals surface area contributed by atoms with Gasteiger partial charge in [-0.1, -0.05) is 33.4 Å². The van der Waals surface area contributed by atoms with Gasteiger partial charge in [-0.3, -0.25) is 0 Å². The quantitative estimate of drug-likeness (QED) is 0.407. The maximum Gasteiger partial charge on any atom is 0.251 e. The van der Waals surface area contributed by atoms with E-state index in [-0.39, 0.29) is 0 Å². The Labute approximate surface area is 110 Å². The molecule has 0 saturated heterocycles. The number of thioether (sulfide) groups is 1. The summed E-state index contributed by atoms with van der Waals surface area (Å²) in [6.45, 7) is 10.7. The first kappa shape index (κ1) is 14.3. The van der Waals surface area contributed by atoms with Gasteiger partial charge in [-0.15, -0.1) is 0 Å². The van der Waals surface area contributed by atoms with Crippen LogP contribution in [0.1, 0.15) is 20.8 Å². The molecule has 0 aliphatic carbocycles. The topological polar surface area (TPSA) is 22.1 Å². The smallest absolute Gasteiger partial charge is 0.251 e. The van der Waals surface area contributed by atoms with Crippen LogP contribution in [-0.2, 0) is 4.43 Å². The highest BCUT2D eigenvalue weighted by molar-refractivity contribution is 8.02. The highest BCUT2D eigenvalue weighted by atomic mass is 32.2. The molecule has 0 fully saturated rings. The minimum Gasteiger partial charge on any atom is -0.539 e. The second kappa shape index (κ2) is 6.86. The molecular formula is C13H21NOSSi. The summed E-state index contributed by atoms with van der Waals surface area (Å²) in [5.41, 5.74) is 0. The fourth-order valence-corrected chi connectivity index (χ4v) is 5.36. The number of hydrogen-bond donors (Lipinski definition) is 0. The van der Waals surface area contributed by atoms with Gasteiger partial charge in [0.1, 0.15) is 10.1 Å². The van der Waals surface area contributed by atoms with Crippen LogP contribution in [-0.4, -0.2) is 13.3 Å². The predicted molar refractivity (Wildman–Crippen MR) is 77.5 cm³/mol. The van der Waals surface area contributed by atoms with E-state index in [9.17, 15) is 0 Å². The first-order chi connectivity index (χ1) is 8.15. The van der Waals surface area contributed by atoms with Crippen LogP contribution in [0.5, 0.6) is 0 Å². The third-order valence-electron chi connectivity index (χ3n) is 3.12. The molecule has 0 N–H and O–H groups in total. The van der Waals surface area contributed by atoms with Gasteiger partial charge in [-0.2, -0.15) is 0 Å². The summed E-state index contributed by atoms with van der Waals surface area (Å²) in [7, 11) is -1.58. The van der Waals surface area contributed by atoms with E-state index >= 15 is 0 Å². The molecule has 0 amide bonds. The fourth-order valence-electron chi connectivity index (χ4n) is 1.75. The SMILES string of the molecule is C=C(O[Si](CC)(CC)CC)Sc1ccccn1. The highest BCUT2D eigenvalue weighted by Gasteiger charge is 2.31. The minimum atomic E-state index is -1.58. The van der Waals surface area contributed by atoms with Crippen LogP contribution in [0.15, 0.2) is 41.1 Å². The van der Waals surface area contributed by atoms with E-state index in [0.29, 0.717) is 0 Å². The molecule has 2 nitrogen and oxygen atoms in total. The molecule has 1 aromatic heterocycles. The fraction of sp³-hybridized carbons (Fsp3) is 0.462. The van der Waals surface area contributed by atoms with Gasteiger partial charge >= 0.3 is 0 Å². The zero-order chi connectivity index (χ0) is 12.7. The van der Waals surface area contributed by atoms with Gasteiger partial charge in [0.05, 0.1) is 0 Å². The monoisotopic (exact) mass is 267 g/mol. The first-order valence-electron chi connectivity index (χ1n) is 6.12. The lowest BCUT2D eigenvalue weighted by Gasteiger charge is -2.29. The van der Waals surface area contributed by atoms with Crippen molar-refractivity contribution in [3.05, 3.63) is 36.1 Å². The Balaban J connectivity index is 2.60. The Morgan fingerprint density at radius 3 is 2.41 bits per heavy atom. The summed E-state index contributed by atoms with van der Waals surface area (Å²) in [4.78, 5) is 4.26. The van der Waals surface area contributed by atoms with Gasteiger partial charge in [0.2, 0.25) is 0 Å². The molecule has 4 heteroatoms. The van der Waals surface area contributed by atoms with Gasteiger partial charge in [0, 0.05) is 6.20 Å². The van der Waals surface area contributed by atoms with Crippen LogP contribution in [0.25, 0.3) is 0 Å². The molecule has 17 heavy (non-hydrogen) atoms. The standard InChI is InChI=1S/C13H21NOSSi/c1-5-17(6-2,7-3)15-12(4)16-13-10-8-9-11-14-13/h8-11H,4-7H2,1-3H3. The molecule has 1 rings (SSSR count). The summed E-state index contributed by atoms with van der Waals surface area (Å²) in [5, 5.41) is 1.74. The average Bonchev–Trinajstić information content (AvgIpc) is 2.37. The summed E-state index contributed by atoms with van der Waals surface area (Å²) < 4.78 is 6.16. The Kier molecular flexibility index (Phi) is 5.78. The van der Waals surface area contributed by atoms with Crippen LogP contribution in [0.3, 0.4) is 0 Å². The molecule has 0 saturated carbocycles. The van der Waals surface area contributed by atoms with E-state index in [1.54, 1.807) is 6.20 Å². The lowest BCUT2D eigenvalue weighted by Crippen LogP contribution is -2.34. The zero-order valence-electron chi connectivity index (χ0n) is 10.9. The summed E-state index contributed by atoms with van der Waals surface area (Å²) in [5.74, 6) is 0. The highest BCUT2D eigenvalue weighted by Crippen LogP contribution is 2.31. The van der Waals surface area contributed by atoms with Crippen molar-refractivity contribution in [3.8, 4) is 0 Å². The summed E-state index contributed by atoms with van der Waals surface area (Å²) in [6, 6.07) is 9.29. The third-order valence-corrected chi connectivity index (χ3v) is 8.57. The predicted octanol–water partition coefficient (Wildman–Crippen LogP) is 4.67. The summed E-state index contributed by atoms with van der Waals surface area (Å²) in [6.07, 6.45) is 1.79. The van der Waals surface area contributed by atoms with Crippen molar-refractivity contribution in [1.82, 2.24) is 4.98 Å². The zero-order valence-corrected chi connectivity index (χ0v) is 12.7. The Morgan fingerprint density at radius 1 is 1.29 bits per heavy atom. The van der Waals surface area contributed by atoms with Gasteiger partial charge < -0.3 is 4.43 Å². The van der Waals surface area contributed by atoms with Crippen molar-refractivity contribution in [2.45, 2.75) is 43.9 Å². The maximum absolute atomic E-state index is 6.16. The van der Waals surface area contributed by atoms with Crippen molar-refractivity contribution in [2.75, 3.05) is 0 Å². The van der Waals surface area contributed by atoms with Crippen molar-refractivity contribution >= 4 is 20.1 Å². The van der Waals surface area contributed by atoms with Crippen LogP contribution < -0.4 is 0 Å². The number of nitrogens with zero attached hydrogens (tertiary/aromatic N) is 1. The van der Waals surface area contributed by atoms with Crippen molar-refractivity contribution in [3.63, 3.8) is 0 Å². The molecule has 0 spiro atoms. The van der Waals surface area contributed by atoms with Gasteiger partial charge in [0.15, 0.2) is 0 Å². The Morgan fingerprint density at radius 2 is 1.94 bits per heavy atom. The van der Waals surface area contributed by atoms with E-state index in [1.807, 2.05) is 18.2 Å². The first-order valence-corrected chi connectivity index (χ1v) is 9.47. The normalized spacial score (nSPS) is 11.2. The molecule has 1 aromatic rings. The number of pyridine rings is 1. The molecule has 94 valence electrons. The van der Waals surface area contributed by atoms with E-state index in [0.717, 1.165) is 28.2 Å². The van der Waals surface area contributed by atoms with E-state index < -0.39 is 8.32 Å². The molecule has 0 unspecified atom stereocenters. The Hall–Kier alpha value is -0.743. The van der Waals surface area contributed by atoms with Crippen LogP contribution in [0.2, 0.25) is 18.1 Å². The lowest BCUT2D eigenvalue weighted by atomic mass is 10.5. The van der Waals surface area contributed by atoms with Crippen molar-refractivity contribution in [1.29, 1.82) is 0 Å². The molecular weight excluding hydrogens is 246 g/mol. The molecule has 0 aromatic carbocycles. The largest absolute Gasteiger partial charge is 0.539 e. The third kappa shape index (κ3) is 4.20. The van der Waals surface area contributed by atoms with Crippen molar-refractivity contribution in [2.24, 2.45) is 0 Å². The molecule has 0 aliphatic heterocycles. The number of hydrogen-bond acceptors (Lipinski definition) is 3. The molecule has 0 bridgehead atoms. The van der Waals surface area contributed by atoms with E-state index in [1.165, 1.54) is 11.8 Å². The van der Waals surface area contributed by atoms with Crippen LogP contribution in [0.4, 0.5) is 0 Å². The minimum absolute atomic E-state index is 0.793. The lowest BCUT2D eigenvalue weighted by molar-refractivity contribution is 0.445. The van der Waals surface area contributed by atoms with Crippen LogP contribution in [0, 0.1) is 0 Å². The Bertz CT molecular complexity index is 343. The van der Waals surface area contributed by atoms with Gasteiger partial charge in [0.25, 0.3) is 8.32 Å². The van der Waals surface area contributed by atoms with Gasteiger partial charge in [-0.25, -0.2) is 4.98 Å². The van der Waals surface area contributed by atoms with Crippen LogP contribution >= 0.6 is 11.8 Å². The molecule has 1 heterocycles. The second-order valence-electron chi connectivity index (χ2n) is 3.99. The maximum atomic E-state index is 6.16. The second-order valence-corrected chi connectivity index (χ2v) is 9.76. The van der Waals surface area contributed by atoms with E-state index in [4.69, 9.17) is 4.43 Å². The molecule has 0 radical (unpaired) electrons. The molecule has 0 atom stereocenters. The average molecular weight is 267 g/mol. The van der Waals surface area contributed by atoms with Gasteiger partial charge in [-0.05, 0) is 42.0 Å². The van der Waals surface area contributed by atoms with E-state index in [2.05, 4.69) is 32.3 Å².